The average Bonchev–Trinajstić information content (AvgIpc) is 2.68. The van der Waals surface area contributed by atoms with E-state index < -0.39 is 6.61 Å². The Balaban J connectivity index is 1.60. The van der Waals surface area contributed by atoms with Crippen molar-refractivity contribution in [3.05, 3.63) is 65.9 Å². The molecule has 3 aromatic rings. The van der Waals surface area contributed by atoms with E-state index in [1.807, 2.05) is 30.3 Å². The second-order valence-electron chi connectivity index (χ2n) is 5.76. The van der Waals surface area contributed by atoms with E-state index in [1.165, 1.54) is 13.2 Å². The number of amides is 1. The van der Waals surface area contributed by atoms with Gasteiger partial charge in [0.25, 0.3) is 5.91 Å². The molecule has 0 aliphatic heterocycles. The van der Waals surface area contributed by atoms with Crippen LogP contribution >= 0.6 is 0 Å². The molecule has 0 spiro atoms. The summed E-state index contributed by atoms with van der Waals surface area (Å²) in [5.74, 6) is -0.0821. The van der Waals surface area contributed by atoms with E-state index in [1.54, 1.807) is 18.2 Å². The topological polar surface area (TPSA) is 60.5 Å². The monoisotopic (exact) mass is 372 g/mol. The fourth-order valence-electron chi connectivity index (χ4n) is 2.66. The number of halogens is 2. The van der Waals surface area contributed by atoms with Crippen molar-refractivity contribution >= 4 is 16.8 Å². The normalized spacial score (nSPS) is 10.8. The molecule has 5 nitrogen and oxygen atoms in total. The zero-order chi connectivity index (χ0) is 19.2. The Morgan fingerprint density at radius 3 is 2.70 bits per heavy atom. The minimum Gasteiger partial charge on any atom is -0.493 e. The van der Waals surface area contributed by atoms with E-state index in [9.17, 15) is 13.6 Å². The molecule has 0 bridgehead atoms. The van der Waals surface area contributed by atoms with Crippen LogP contribution in [0.25, 0.3) is 10.9 Å². The number of pyridine rings is 1. The van der Waals surface area contributed by atoms with Gasteiger partial charge in [-0.2, -0.15) is 8.78 Å². The number of alkyl halides is 2. The lowest BCUT2D eigenvalue weighted by molar-refractivity contribution is -0.0512. The molecule has 0 atom stereocenters. The number of carbonyl (C=O) groups excluding carboxylic acids is 1. The number of methoxy groups -OCH3 is 1. The van der Waals surface area contributed by atoms with Gasteiger partial charge in [-0.1, -0.05) is 30.3 Å². The predicted molar refractivity (Wildman–Crippen MR) is 97.4 cm³/mol. The fraction of sp³-hybridized carbons (Fsp3) is 0.200. The number of carbonyl (C=O) groups is 1. The van der Waals surface area contributed by atoms with Crippen LogP contribution in [0, 0.1) is 0 Å². The van der Waals surface area contributed by atoms with Gasteiger partial charge in [0.2, 0.25) is 0 Å². The van der Waals surface area contributed by atoms with Crippen LogP contribution in [0.4, 0.5) is 8.78 Å². The minimum atomic E-state index is -2.92. The van der Waals surface area contributed by atoms with Crippen molar-refractivity contribution in [2.24, 2.45) is 0 Å². The van der Waals surface area contributed by atoms with E-state index in [-0.39, 0.29) is 17.4 Å². The van der Waals surface area contributed by atoms with Gasteiger partial charge in [-0.05, 0) is 36.2 Å². The van der Waals surface area contributed by atoms with Gasteiger partial charge in [-0.3, -0.25) is 4.79 Å². The molecular weight excluding hydrogens is 354 g/mol. The van der Waals surface area contributed by atoms with E-state index in [0.717, 1.165) is 16.5 Å². The highest BCUT2D eigenvalue weighted by Crippen LogP contribution is 2.29. The number of fused-ring (bicyclic) bond motifs is 1. The molecule has 7 heteroatoms. The Hall–Kier alpha value is -3.22. The van der Waals surface area contributed by atoms with Crippen molar-refractivity contribution in [2.75, 3.05) is 13.7 Å². The lowest BCUT2D eigenvalue weighted by atomic mass is 10.1. The van der Waals surface area contributed by atoms with Crippen LogP contribution in [-0.2, 0) is 6.42 Å². The average molecular weight is 372 g/mol. The summed E-state index contributed by atoms with van der Waals surface area (Å²) in [7, 11) is 1.38. The Labute approximate surface area is 154 Å². The molecule has 0 aliphatic rings. The molecule has 0 fully saturated rings. The van der Waals surface area contributed by atoms with E-state index in [0.29, 0.717) is 18.7 Å². The van der Waals surface area contributed by atoms with Crippen molar-refractivity contribution in [1.29, 1.82) is 0 Å². The third-order valence-electron chi connectivity index (χ3n) is 3.97. The fourth-order valence-corrected chi connectivity index (χ4v) is 2.66. The predicted octanol–water partition coefficient (Wildman–Crippen LogP) is 3.82. The number of ether oxygens (including phenoxy) is 2. The molecule has 1 aromatic heterocycles. The van der Waals surface area contributed by atoms with Gasteiger partial charge in [0.1, 0.15) is 5.69 Å². The summed E-state index contributed by atoms with van der Waals surface area (Å²) in [5.41, 5.74) is 1.91. The summed E-state index contributed by atoms with van der Waals surface area (Å²) in [4.78, 5) is 16.6. The number of para-hydroxylation sites is 1. The number of hydrogen-bond donors (Lipinski definition) is 1. The molecule has 0 aliphatic carbocycles. The molecule has 1 heterocycles. The zero-order valence-corrected chi connectivity index (χ0v) is 14.6. The van der Waals surface area contributed by atoms with Crippen molar-refractivity contribution < 1.29 is 23.0 Å². The number of hydrogen-bond acceptors (Lipinski definition) is 4. The maximum atomic E-state index is 12.4. The van der Waals surface area contributed by atoms with Crippen LogP contribution in [0.1, 0.15) is 16.1 Å². The summed E-state index contributed by atoms with van der Waals surface area (Å²) in [6, 6.07) is 15.8. The van der Waals surface area contributed by atoms with Crippen LogP contribution in [0.15, 0.2) is 54.6 Å². The van der Waals surface area contributed by atoms with Crippen LogP contribution in [0.2, 0.25) is 0 Å². The van der Waals surface area contributed by atoms with Gasteiger partial charge in [0.15, 0.2) is 11.5 Å². The summed E-state index contributed by atoms with van der Waals surface area (Å²) >= 11 is 0. The van der Waals surface area contributed by atoms with Gasteiger partial charge < -0.3 is 14.8 Å². The Morgan fingerprint density at radius 2 is 1.93 bits per heavy atom. The Kier molecular flexibility index (Phi) is 5.80. The highest BCUT2D eigenvalue weighted by atomic mass is 19.3. The first-order valence-electron chi connectivity index (χ1n) is 8.32. The largest absolute Gasteiger partial charge is 0.493 e. The first-order valence-corrected chi connectivity index (χ1v) is 8.32. The van der Waals surface area contributed by atoms with Gasteiger partial charge in [0, 0.05) is 11.9 Å². The third kappa shape index (κ3) is 4.69. The van der Waals surface area contributed by atoms with Crippen LogP contribution in [0.5, 0.6) is 11.5 Å². The van der Waals surface area contributed by atoms with Crippen LogP contribution in [-0.4, -0.2) is 31.2 Å². The maximum absolute atomic E-state index is 12.4. The summed E-state index contributed by atoms with van der Waals surface area (Å²) in [6.07, 6.45) is 0.505. The molecule has 1 amide bonds. The molecule has 2 aromatic carbocycles. The van der Waals surface area contributed by atoms with Crippen molar-refractivity contribution in [3.63, 3.8) is 0 Å². The number of nitrogens with zero attached hydrogens (tertiary/aromatic N) is 1. The van der Waals surface area contributed by atoms with Crippen LogP contribution < -0.4 is 14.8 Å². The number of aromatic nitrogens is 1. The minimum absolute atomic E-state index is 0.0272. The SMILES string of the molecule is COc1cc(CCNC(=O)c2ccc3ccccc3n2)ccc1OC(F)F. The van der Waals surface area contributed by atoms with Gasteiger partial charge in [0.05, 0.1) is 12.6 Å². The first kappa shape index (κ1) is 18.6. The lowest BCUT2D eigenvalue weighted by Gasteiger charge is -2.11. The molecule has 1 N–H and O–H groups in total. The maximum Gasteiger partial charge on any atom is 0.387 e. The molecule has 0 radical (unpaired) electrons. The van der Waals surface area contributed by atoms with E-state index >= 15 is 0 Å². The van der Waals surface area contributed by atoms with Crippen molar-refractivity contribution in [1.82, 2.24) is 10.3 Å². The third-order valence-corrected chi connectivity index (χ3v) is 3.97. The second kappa shape index (κ2) is 8.44. The summed E-state index contributed by atoms with van der Waals surface area (Å²) in [6.45, 7) is -2.55. The van der Waals surface area contributed by atoms with Crippen molar-refractivity contribution in [3.8, 4) is 11.5 Å². The molecule has 0 unspecified atom stereocenters. The molecular formula is C20H18F2N2O3. The number of nitrogens with one attached hydrogen (secondary N) is 1. The summed E-state index contributed by atoms with van der Waals surface area (Å²) in [5, 5.41) is 3.77. The zero-order valence-electron chi connectivity index (χ0n) is 14.6. The van der Waals surface area contributed by atoms with E-state index in [4.69, 9.17) is 4.74 Å². The smallest absolute Gasteiger partial charge is 0.387 e. The highest BCUT2D eigenvalue weighted by Gasteiger charge is 2.12. The Bertz CT molecular complexity index is 947. The highest BCUT2D eigenvalue weighted by molar-refractivity contribution is 5.94. The van der Waals surface area contributed by atoms with Gasteiger partial charge in [-0.25, -0.2) is 4.98 Å². The number of rotatable bonds is 7. The van der Waals surface area contributed by atoms with Crippen LogP contribution in [0.3, 0.4) is 0 Å². The molecule has 3 rings (SSSR count). The standard InChI is InChI=1S/C20H18F2N2O3/c1-26-18-12-13(6-9-17(18)27-20(21)22)10-11-23-19(25)16-8-7-14-4-2-3-5-15(14)24-16/h2-9,12,20H,10-11H2,1H3,(H,23,25). The molecule has 0 saturated carbocycles. The van der Waals surface area contributed by atoms with Gasteiger partial charge in [-0.15, -0.1) is 0 Å². The quantitative estimate of drug-likeness (QED) is 0.685. The number of benzene rings is 2. The van der Waals surface area contributed by atoms with E-state index in [2.05, 4.69) is 15.0 Å². The second-order valence-corrected chi connectivity index (χ2v) is 5.76. The first-order chi connectivity index (χ1) is 13.1. The lowest BCUT2D eigenvalue weighted by Crippen LogP contribution is -2.26. The van der Waals surface area contributed by atoms with Crippen molar-refractivity contribution in [2.45, 2.75) is 13.0 Å². The summed E-state index contributed by atoms with van der Waals surface area (Å²) < 4.78 is 34.2. The Morgan fingerprint density at radius 1 is 1.11 bits per heavy atom. The van der Waals surface area contributed by atoms with Gasteiger partial charge >= 0.3 is 6.61 Å². The molecule has 140 valence electrons. The molecule has 27 heavy (non-hydrogen) atoms. The molecule has 0 saturated heterocycles.